The lowest BCUT2D eigenvalue weighted by Gasteiger charge is -2.35. The Bertz CT molecular complexity index is 771. The summed E-state index contributed by atoms with van der Waals surface area (Å²) in [7, 11) is 0. The summed E-state index contributed by atoms with van der Waals surface area (Å²) in [6, 6.07) is 5.98. The van der Waals surface area contributed by atoms with Crippen LogP contribution >= 0.6 is 0 Å². The first-order chi connectivity index (χ1) is 15.0. The normalized spacial score (nSPS) is 20.3. The van der Waals surface area contributed by atoms with Crippen molar-refractivity contribution in [3.05, 3.63) is 35.6 Å². The molecule has 1 N–H and O–H groups in total. The second kappa shape index (κ2) is 11.2. The summed E-state index contributed by atoms with van der Waals surface area (Å²) in [6.45, 7) is 6.76. The van der Waals surface area contributed by atoms with Crippen molar-refractivity contribution in [1.82, 2.24) is 20.0 Å². The van der Waals surface area contributed by atoms with Crippen LogP contribution in [0.2, 0.25) is 0 Å². The molecule has 2 saturated heterocycles. The number of halogens is 1. The third-order valence-corrected chi connectivity index (χ3v) is 6.03. The Morgan fingerprint density at radius 2 is 1.74 bits per heavy atom. The van der Waals surface area contributed by atoms with Gasteiger partial charge in [-0.3, -0.25) is 19.3 Å². The van der Waals surface area contributed by atoms with Gasteiger partial charge in [-0.25, -0.2) is 4.39 Å². The number of carbonyl (C=O) groups excluding carboxylic acids is 3. The zero-order valence-electron chi connectivity index (χ0n) is 18.3. The molecule has 0 radical (unpaired) electrons. The summed E-state index contributed by atoms with van der Waals surface area (Å²) in [5.41, 5.74) is 0.777. The number of carbonyl (C=O) groups is 3. The average molecular weight is 433 g/mol. The molecular weight excluding hydrogens is 399 g/mol. The Kier molecular flexibility index (Phi) is 8.40. The molecule has 2 heterocycles. The summed E-state index contributed by atoms with van der Waals surface area (Å²) in [4.78, 5) is 43.5. The SMILES string of the molecule is CCNC(=O)CN1CCCN(C(=O)C2CCCN(C(=O)Cc3ccc(F)cc3)C2)CC1. The molecule has 0 aliphatic carbocycles. The Balaban J connectivity index is 1.51. The van der Waals surface area contributed by atoms with Crippen LogP contribution in [-0.4, -0.2) is 84.8 Å². The highest BCUT2D eigenvalue weighted by molar-refractivity contribution is 5.82. The fourth-order valence-corrected chi connectivity index (χ4v) is 4.36. The maximum absolute atomic E-state index is 13.1. The lowest BCUT2D eigenvalue weighted by molar-refractivity contribution is -0.140. The first kappa shape index (κ1) is 23.2. The minimum atomic E-state index is -0.318. The summed E-state index contributed by atoms with van der Waals surface area (Å²) < 4.78 is 13.1. The van der Waals surface area contributed by atoms with Crippen molar-refractivity contribution in [1.29, 1.82) is 0 Å². The van der Waals surface area contributed by atoms with E-state index in [4.69, 9.17) is 0 Å². The summed E-state index contributed by atoms with van der Waals surface area (Å²) in [5.74, 6) is -0.389. The minimum Gasteiger partial charge on any atom is -0.355 e. The van der Waals surface area contributed by atoms with E-state index in [1.54, 1.807) is 17.0 Å². The lowest BCUT2D eigenvalue weighted by Crippen LogP contribution is -2.48. The van der Waals surface area contributed by atoms with Gasteiger partial charge in [-0.2, -0.15) is 0 Å². The maximum atomic E-state index is 13.1. The van der Waals surface area contributed by atoms with Crippen LogP contribution in [0.3, 0.4) is 0 Å². The number of hydrogen-bond donors (Lipinski definition) is 1. The molecule has 0 bridgehead atoms. The highest BCUT2D eigenvalue weighted by atomic mass is 19.1. The molecule has 1 aromatic rings. The number of amides is 3. The molecule has 0 saturated carbocycles. The fourth-order valence-electron chi connectivity index (χ4n) is 4.36. The van der Waals surface area contributed by atoms with Crippen LogP contribution in [0.4, 0.5) is 4.39 Å². The molecule has 1 unspecified atom stereocenters. The van der Waals surface area contributed by atoms with Crippen LogP contribution in [0, 0.1) is 11.7 Å². The lowest BCUT2D eigenvalue weighted by atomic mass is 9.95. The monoisotopic (exact) mass is 432 g/mol. The highest BCUT2D eigenvalue weighted by Crippen LogP contribution is 2.21. The number of benzene rings is 1. The first-order valence-electron chi connectivity index (χ1n) is 11.3. The molecule has 1 aromatic carbocycles. The van der Waals surface area contributed by atoms with Crippen molar-refractivity contribution >= 4 is 17.7 Å². The van der Waals surface area contributed by atoms with Crippen LogP contribution in [0.1, 0.15) is 31.7 Å². The number of hydrogen-bond acceptors (Lipinski definition) is 4. The van der Waals surface area contributed by atoms with Gasteiger partial charge in [0.05, 0.1) is 18.9 Å². The molecule has 7 nitrogen and oxygen atoms in total. The maximum Gasteiger partial charge on any atom is 0.234 e. The topological polar surface area (TPSA) is 73.0 Å². The first-order valence-corrected chi connectivity index (χ1v) is 11.3. The predicted octanol–water partition coefficient (Wildman–Crippen LogP) is 1.28. The molecular formula is C23H33FN4O3. The van der Waals surface area contributed by atoms with Gasteiger partial charge in [-0.1, -0.05) is 12.1 Å². The number of nitrogens with zero attached hydrogens (tertiary/aromatic N) is 3. The zero-order chi connectivity index (χ0) is 22.2. The van der Waals surface area contributed by atoms with E-state index < -0.39 is 0 Å². The van der Waals surface area contributed by atoms with E-state index in [0.29, 0.717) is 45.8 Å². The van der Waals surface area contributed by atoms with Crippen molar-refractivity contribution in [2.75, 3.05) is 52.4 Å². The number of nitrogens with one attached hydrogen (secondary N) is 1. The van der Waals surface area contributed by atoms with Crippen LogP contribution in [0.5, 0.6) is 0 Å². The zero-order valence-corrected chi connectivity index (χ0v) is 18.3. The Labute approximate surface area is 183 Å². The van der Waals surface area contributed by atoms with Gasteiger partial charge >= 0.3 is 0 Å². The van der Waals surface area contributed by atoms with Gasteiger partial charge in [0, 0.05) is 45.8 Å². The number of likely N-dealkylation sites (tertiary alicyclic amines) is 1. The second-order valence-corrected chi connectivity index (χ2v) is 8.39. The summed E-state index contributed by atoms with van der Waals surface area (Å²) in [5, 5.41) is 2.82. The third-order valence-electron chi connectivity index (χ3n) is 6.03. The van der Waals surface area contributed by atoms with Gasteiger partial charge in [0.15, 0.2) is 0 Å². The van der Waals surface area contributed by atoms with Gasteiger partial charge < -0.3 is 15.1 Å². The standard InChI is InChI=1S/C23H33FN4O3/c1-2-25-21(29)17-26-10-4-12-27(14-13-26)23(31)19-5-3-11-28(16-19)22(30)15-18-6-8-20(24)9-7-18/h6-9,19H,2-5,10-17H2,1H3,(H,25,29). The van der Waals surface area contributed by atoms with Crippen molar-refractivity contribution in [2.45, 2.75) is 32.6 Å². The number of rotatable bonds is 6. The van der Waals surface area contributed by atoms with E-state index in [0.717, 1.165) is 31.4 Å². The van der Waals surface area contributed by atoms with Crippen molar-refractivity contribution < 1.29 is 18.8 Å². The smallest absolute Gasteiger partial charge is 0.234 e. The molecule has 8 heteroatoms. The molecule has 3 amide bonds. The van der Waals surface area contributed by atoms with E-state index >= 15 is 0 Å². The van der Waals surface area contributed by atoms with E-state index in [9.17, 15) is 18.8 Å². The van der Waals surface area contributed by atoms with Gasteiger partial charge in [-0.15, -0.1) is 0 Å². The molecule has 2 aliphatic heterocycles. The molecule has 3 rings (SSSR count). The molecule has 31 heavy (non-hydrogen) atoms. The second-order valence-electron chi connectivity index (χ2n) is 8.39. The van der Waals surface area contributed by atoms with Crippen LogP contribution in [0.15, 0.2) is 24.3 Å². The third kappa shape index (κ3) is 6.75. The van der Waals surface area contributed by atoms with E-state index in [1.807, 2.05) is 11.8 Å². The van der Waals surface area contributed by atoms with E-state index in [-0.39, 0.29) is 35.9 Å². The molecule has 1 atom stereocenters. The van der Waals surface area contributed by atoms with Gasteiger partial charge in [0.25, 0.3) is 0 Å². The fraction of sp³-hybridized carbons (Fsp3) is 0.609. The number of likely N-dealkylation sites (N-methyl/N-ethyl adjacent to an activating group) is 1. The van der Waals surface area contributed by atoms with Gasteiger partial charge in [0.1, 0.15) is 5.82 Å². The molecule has 170 valence electrons. The van der Waals surface area contributed by atoms with E-state index in [2.05, 4.69) is 10.2 Å². The quantitative estimate of drug-likeness (QED) is 0.735. The molecule has 2 fully saturated rings. The summed E-state index contributed by atoms with van der Waals surface area (Å²) >= 11 is 0. The van der Waals surface area contributed by atoms with Gasteiger partial charge in [0.2, 0.25) is 17.7 Å². The predicted molar refractivity (Wildman–Crippen MR) is 116 cm³/mol. The van der Waals surface area contributed by atoms with E-state index in [1.165, 1.54) is 12.1 Å². The van der Waals surface area contributed by atoms with Crippen molar-refractivity contribution in [3.63, 3.8) is 0 Å². The number of piperidine rings is 1. The van der Waals surface area contributed by atoms with Crippen molar-refractivity contribution in [3.8, 4) is 0 Å². The summed E-state index contributed by atoms with van der Waals surface area (Å²) in [6.07, 6.45) is 2.66. The molecule has 2 aliphatic rings. The molecule has 0 spiro atoms. The largest absolute Gasteiger partial charge is 0.355 e. The Hall–Kier alpha value is -2.48. The minimum absolute atomic E-state index is 0.0184. The van der Waals surface area contributed by atoms with Crippen LogP contribution in [0.25, 0.3) is 0 Å². The Morgan fingerprint density at radius 3 is 2.48 bits per heavy atom. The van der Waals surface area contributed by atoms with Gasteiger partial charge in [-0.05, 0) is 43.9 Å². The average Bonchev–Trinajstić information content (AvgIpc) is 3.00. The van der Waals surface area contributed by atoms with Crippen LogP contribution in [-0.2, 0) is 20.8 Å². The molecule has 0 aromatic heterocycles. The van der Waals surface area contributed by atoms with Crippen molar-refractivity contribution in [2.24, 2.45) is 5.92 Å². The Morgan fingerprint density at radius 1 is 1.00 bits per heavy atom. The van der Waals surface area contributed by atoms with Crippen LogP contribution < -0.4 is 5.32 Å². The highest BCUT2D eigenvalue weighted by Gasteiger charge is 2.32.